The second-order valence-electron chi connectivity index (χ2n) is 6.54. The van der Waals surface area contributed by atoms with E-state index in [2.05, 4.69) is 0 Å². The third-order valence-corrected chi connectivity index (χ3v) is 3.65. The molecule has 4 nitrogen and oxygen atoms in total. The number of aliphatic hydroxyl groups is 1. The van der Waals surface area contributed by atoms with Crippen LogP contribution in [-0.4, -0.2) is 28.6 Å². The van der Waals surface area contributed by atoms with E-state index < -0.39 is 11.7 Å². The lowest BCUT2D eigenvalue weighted by molar-refractivity contribution is -0.161. The maximum absolute atomic E-state index is 12.1. The average Bonchev–Trinajstić information content (AvgIpc) is 2.27. The molecule has 0 fully saturated rings. The number of hydrogen-bond donors (Lipinski definition) is 1. The quantitative estimate of drug-likeness (QED) is 0.739. The molecule has 0 amide bonds. The summed E-state index contributed by atoms with van der Waals surface area (Å²) in [4.78, 5) is 24.1. The molecule has 0 spiro atoms. The molecule has 2 aliphatic carbocycles. The number of allylic oxidation sites excluding steroid dienone is 1. The van der Waals surface area contributed by atoms with Crippen molar-refractivity contribution in [3.8, 4) is 0 Å². The van der Waals surface area contributed by atoms with Crippen LogP contribution in [0.4, 0.5) is 0 Å². The van der Waals surface area contributed by atoms with E-state index in [0.717, 1.165) is 17.6 Å². The minimum Gasteiger partial charge on any atom is -0.460 e. The number of ether oxygens (including phenoxy) is 1. The molecule has 0 radical (unpaired) electrons. The number of hydrogen-bond acceptors (Lipinski definition) is 4. The Morgan fingerprint density at radius 3 is 2.58 bits per heavy atom. The van der Waals surface area contributed by atoms with Crippen LogP contribution in [0.25, 0.3) is 0 Å². The van der Waals surface area contributed by atoms with Gasteiger partial charge < -0.3 is 9.84 Å². The summed E-state index contributed by atoms with van der Waals surface area (Å²) in [6.07, 6.45) is 2.30. The molecule has 106 valence electrons. The van der Waals surface area contributed by atoms with Crippen molar-refractivity contribution < 1.29 is 19.4 Å². The van der Waals surface area contributed by atoms with E-state index in [1.807, 2.05) is 20.8 Å². The van der Waals surface area contributed by atoms with Gasteiger partial charge in [0.25, 0.3) is 0 Å². The molecule has 0 aromatic rings. The van der Waals surface area contributed by atoms with Gasteiger partial charge >= 0.3 is 5.97 Å². The molecule has 1 N–H and O–H groups in total. The van der Waals surface area contributed by atoms with Crippen molar-refractivity contribution in [1.82, 2.24) is 0 Å². The van der Waals surface area contributed by atoms with Crippen LogP contribution in [0, 0.1) is 5.92 Å². The van der Waals surface area contributed by atoms with Crippen LogP contribution >= 0.6 is 0 Å². The highest BCUT2D eigenvalue weighted by atomic mass is 16.6. The van der Waals surface area contributed by atoms with Crippen LogP contribution < -0.4 is 0 Å². The van der Waals surface area contributed by atoms with Gasteiger partial charge in [-0.2, -0.15) is 0 Å². The van der Waals surface area contributed by atoms with E-state index in [0.29, 0.717) is 19.3 Å². The maximum Gasteiger partial charge on any atom is 0.310 e. The first-order valence-corrected chi connectivity index (χ1v) is 6.91. The van der Waals surface area contributed by atoms with E-state index in [1.165, 1.54) is 0 Å². The van der Waals surface area contributed by atoms with E-state index in [9.17, 15) is 14.7 Å². The zero-order chi connectivity index (χ0) is 14.2. The lowest BCUT2D eigenvalue weighted by Gasteiger charge is -2.31. The van der Waals surface area contributed by atoms with Crippen LogP contribution in [0.5, 0.6) is 0 Å². The number of carbonyl (C=O) groups is 2. The highest BCUT2D eigenvalue weighted by Gasteiger charge is 2.36. The van der Waals surface area contributed by atoms with Crippen LogP contribution in [0.2, 0.25) is 0 Å². The largest absolute Gasteiger partial charge is 0.460 e. The summed E-state index contributed by atoms with van der Waals surface area (Å²) in [5.74, 6) is -0.616. The van der Waals surface area contributed by atoms with E-state index >= 15 is 0 Å². The number of esters is 1. The first-order chi connectivity index (χ1) is 8.76. The van der Waals surface area contributed by atoms with Crippen LogP contribution in [0.1, 0.15) is 52.9 Å². The molecule has 2 atom stereocenters. The second kappa shape index (κ2) is 5.08. The summed E-state index contributed by atoms with van der Waals surface area (Å²) in [6, 6.07) is 0. The summed E-state index contributed by atoms with van der Waals surface area (Å²) in [5.41, 5.74) is 1.30. The van der Waals surface area contributed by atoms with Gasteiger partial charge in [-0.05, 0) is 45.6 Å². The Hall–Kier alpha value is -1.16. The summed E-state index contributed by atoms with van der Waals surface area (Å²) in [5, 5.41) is 9.62. The Balaban J connectivity index is 2.09. The Labute approximate surface area is 113 Å². The van der Waals surface area contributed by atoms with Crippen LogP contribution in [0.15, 0.2) is 11.1 Å². The minimum atomic E-state index is -0.516. The molecule has 0 saturated carbocycles. The SMILES string of the molecule is CC(C)(C)OC(=O)C1CC(=O)C2=C(CCC(O)C2)C1. The fraction of sp³-hybridized carbons (Fsp3) is 0.733. The van der Waals surface area contributed by atoms with Crippen molar-refractivity contribution in [2.75, 3.05) is 0 Å². The molecule has 0 aliphatic heterocycles. The number of ketones is 1. The Morgan fingerprint density at radius 1 is 1.26 bits per heavy atom. The number of rotatable bonds is 1. The monoisotopic (exact) mass is 266 g/mol. The normalized spacial score (nSPS) is 28.1. The standard InChI is InChI=1S/C15H22O4/c1-15(2,3)19-14(18)10-6-9-4-5-11(16)8-12(9)13(17)7-10/h10-11,16H,4-8H2,1-3H3. The van der Waals surface area contributed by atoms with Gasteiger partial charge in [-0.3, -0.25) is 9.59 Å². The maximum atomic E-state index is 12.1. The van der Waals surface area contributed by atoms with Crippen molar-refractivity contribution in [2.24, 2.45) is 5.92 Å². The zero-order valence-corrected chi connectivity index (χ0v) is 11.9. The van der Waals surface area contributed by atoms with Crippen molar-refractivity contribution in [2.45, 2.75) is 64.6 Å². The number of aliphatic hydroxyl groups excluding tert-OH is 1. The van der Waals surface area contributed by atoms with Crippen molar-refractivity contribution in [1.29, 1.82) is 0 Å². The summed E-state index contributed by atoms with van der Waals surface area (Å²) in [6.45, 7) is 5.49. The first-order valence-electron chi connectivity index (χ1n) is 6.91. The summed E-state index contributed by atoms with van der Waals surface area (Å²) >= 11 is 0. The highest BCUT2D eigenvalue weighted by Crippen LogP contribution is 2.37. The predicted octanol–water partition coefficient (Wildman–Crippen LogP) is 2.15. The lowest BCUT2D eigenvalue weighted by atomic mass is 9.76. The van der Waals surface area contributed by atoms with Gasteiger partial charge in [-0.1, -0.05) is 5.57 Å². The van der Waals surface area contributed by atoms with E-state index in [-0.39, 0.29) is 24.1 Å². The Kier molecular flexibility index (Phi) is 3.81. The topological polar surface area (TPSA) is 63.6 Å². The Bertz CT molecular complexity index is 428. The van der Waals surface area contributed by atoms with Crippen LogP contribution in [0.3, 0.4) is 0 Å². The van der Waals surface area contributed by atoms with Gasteiger partial charge in [0.1, 0.15) is 5.60 Å². The smallest absolute Gasteiger partial charge is 0.310 e. The highest BCUT2D eigenvalue weighted by molar-refractivity contribution is 5.99. The Morgan fingerprint density at radius 2 is 1.95 bits per heavy atom. The van der Waals surface area contributed by atoms with Gasteiger partial charge in [-0.15, -0.1) is 0 Å². The van der Waals surface area contributed by atoms with Gasteiger partial charge in [0, 0.05) is 12.8 Å². The molecule has 19 heavy (non-hydrogen) atoms. The predicted molar refractivity (Wildman–Crippen MR) is 70.5 cm³/mol. The number of carbonyl (C=O) groups excluding carboxylic acids is 2. The summed E-state index contributed by atoms with van der Waals surface area (Å²) < 4.78 is 5.36. The lowest BCUT2D eigenvalue weighted by Crippen LogP contribution is -2.34. The minimum absolute atomic E-state index is 0.0101. The third kappa shape index (κ3) is 3.44. The van der Waals surface area contributed by atoms with Crippen LogP contribution in [-0.2, 0) is 14.3 Å². The van der Waals surface area contributed by atoms with Gasteiger partial charge in [0.15, 0.2) is 5.78 Å². The van der Waals surface area contributed by atoms with Gasteiger partial charge in [0.05, 0.1) is 12.0 Å². The second-order valence-corrected chi connectivity index (χ2v) is 6.54. The summed E-state index contributed by atoms with van der Waals surface area (Å²) in [7, 11) is 0. The molecule has 2 aliphatic rings. The molecule has 0 bridgehead atoms. The fourth-order valence-electron chi connectivity index (χ4n) is 2.78. The molecule has 0 saturated heterocycles. The van der Waals surface area contributed by atoms with E-state index in [4.69, 9.17) is 4.74 Å². The van der Waals surface area contributed by atoms with Crippen molar-refractivity contribution in [3.63, 3.8) is 0 Å². The number of Topliss-reactive ketones (excluding diaryl/α,β-unsaturated/α-hetero) is 1. The zero-order valence-electron chi connectivity index (χ0n) is 11.9. The average molecular weight is 266 g/mol. The fourth-order valence-corrected chi connectivity index (χ4v) is 2.78. The molecular weight excluding hydrogens is 244 g/mol. The molecule has 0 aromatic heterocycles. The van der Waals surface area contributed by atoms with Gasteiger partial charge in [0.2, 0.25) is 0 Å². The molecule has 2 unspecified atom stereocenters. The molecule has 4 heteroatoms. The first kappa shape index (κ1) is 14.3. The third-order valence-electron chi connectivity index (χ3n) is 3.65. The van der Waals surface area contributed by atoms with Gasteiger partial charge in [-0.25, -0.2) is 0 Å². The van der Waals surface area contributed by atoms with Crippen molar-refractivity contribution >= 4 is 11.8 Å². The van der Waals surface area contributed by atoms with Crippen molar-refractivity contribution in [3.05, 3.63) is 11.1 Å². The molecule has 0 heterocycles. The molecule has 0 aromatic carbocycles. The van der Waals surface area contributed by atoms with E-state index in [1.54, 1.807) is 0 Å². The molecule has 2 rings (SSSR count). The molecular formula is C15H22O4.